The van der Waals surface area contributed by atoms with E-state index in [1.165, 1.54) is 16.2 Å². The van der Waals surface area contributed by atoms with Gasteiger partial charge in [-0.15, -0.1) is 23.1 Å². The van der Waals surface area contributed by atoms with Crippen molar-refractivity contribution < 1.29 is 4.74 Å². The molecule has 1 saturated heterocycles. The van der Waals surface area contributed by atoms with Crippen LogP contribution in [0.25, 0.3) is 0 Å². The number of nitrogens with two attached hydrogens (primary N) is 2. The van der Waals surface area contributed by atoms with Crippen LogP contribution in [0.4, 0.5) is 22.7 Å². The molecule has 10 nitrogen and oxygen atoms in total. The van der Waals surface area contributed by atoms with Crippen molar-refractivity contribution in [3.05, 3.63) is 39.9 Å². The number of anilines is 4. The first kappa shape index (κ1) is 23.4. The number of fused-ring (bicyclic) bond motifs is 2. The number of hydrogen-bond donors (Lipinski definition) is 2. The van der Waals surface area contributed by atoms with E-state index in [0.717, 1.165) is 16.9 Å². The van der Waals surface area contributed by atoms with Crippen LogP contribution in [0.3, 0.4) is 0 Å². The maximum atomic E-state index is 9.68. The smallest absolute Gasteiger partial charge is 0.323 e. The molecule has 12 heteroatoms. The van der Waals surface area contributed by atoms with Gasteiger partial charge in [-0.25, -0.2) is 4.98 Å². The van der Waals surface area contributed by atoms with Gasteiger partial charge < -0.3 is 26.0 Å². The monoisotopic (exact) mass is 509 g/mol. The lowest BCUT2D eigenvalue weighted by Crippen LogP contribution is -2.57. The summed E-state index contributed by atoms with van der Waals surface area (Å²) in [5, 5.41) is 10.3. The van der Waals surface area contributed by atoms with Crippen LogP contribution in [-0.2, 0) is 10.5 Å². The molecule has 3 aromatic heterocycles. The fourth-order valence-electron chi connectivity index (χ4n) is 4.77. The molecule has 1 fully saturated rings. The molecule has 5 rings (SSSR count). The van der Waals surface area contributed by atoms with Crippen LogP contribution in [0.1, 0.15) is 48.4 Å². The predicted molar refractivity (Wildman–Crippen MR) is 140 cm³/mol. The van der Waals surface area contributed by atoms with E-state index in [-0.39, 0.29) is 16.8 Å². The Labute approximate surface area is 212 Å². The van der Waals surface area contributed by atoms with Crippen LogP contribution in [0.5, 0.6) is 6.01 Å². The number of pyridine rings is 1. The van der Waals surface area contributed by atoms with Gasteiger partial charge in [0.2, 0.25) is 11.9 Å². The third-order valence-corrected chi connectivity index (χ3v) is 9.13. The summed E-state index contributed by atoms with van der Waals surface area (Å²) in [6, 6.07) is 6.35. The number of rotatable bonds is 7. The summed E-state index contributed by atoms with van der Waals surface area (Å²) in [5.74, 6) is 2.44. The van der Waals surface area contributed by atoms with E-state index >= 15 is 0 Å². The molecule has 0 aromatic carbocycles. The van der Waals surface area contributed by atoms with Crippen molar-refractivity contribution in [2.75, 3.05) is 47.5 Å². The van der Waals surface area contributed by atoms with Crippen LogP contribution >= 0.6 is 23.1 Å². The Hall–Kier alpha value is -3.30. The number of thiophene rings is 1. The lowest BCUT2D eigenvalue weighted by atomic mass is 9.88. The van der Waals surface area contributed by atoms with E-state index in [4.69, 9.17) is 21.2 Å². The maximum absolute atomic E-state index is 9.68. The first-order valence-corrected chi connectivity index (χ1v) is 13.3. The minimum absolute atomic E-state index is 0.0962. The predicted octanol–water partition coefficient (Wildman–Crippen LogP) is 3.31. The van der Waals surface area contributed by atoms with Crippen molar-refractivity contribution in [1.29, 1.82) is 5.26 Å². The van der Waals surface area contributed by atoms with Gasteiger partial charge >= 0.3 is 6.01 Å². The van der Waals surface area contributed by atoms with Crippen molar-refractivity contribution >= 4 is 45.8 Å². The number of thioether (sulfide) groups is 1. The highest BCUT2D eigenvalue weighted by Crippen LogP contribution is 2.57. The Morgan fingerprint density at radius 1 is 1.29 bits per heavy atom. The summed E-state index contributed by atoms with van der Waals surface area (Å²) in [6.07, 6.45) is 1.68. The summed E-state index contributed by atoms with van der Waals surface area (Å²) in [7, 11) is 0. The van der Waals surface area contributed by atoms with Crippen LogP contribution in [0, 0.1) is 11.3 Å². The second-order valence-corrected chi connectivity index (χ2v) is 11.0. The van der Waals surface area contributed by atoms with Crippen molar-refractivity contribution in [2.45, 2.75) is 37.3 Å². The Morgan fingerprint density at radius 2 is 2.09 bits per heavy atom. The topological polar surface area (TPSA) is 143 Å². The fourth-order valence-corrected chi connectivity index (χ4v) is 7.57. The number of aromatic nitrogens is 4. The van der Waals surface area contributed by atoms with Gasteiger partial charge in [-0.3, -0.25) is 0 Å². The zero-order valence-electron chi connectivity index (χ0n) is 19.9. The third-order valence-electron chi connectivity index (χ3n) is 6.48. The molecule has 0 saturated carbocycles. The summed E-state index contributed by atoms with van der Waals surface area (Å²) in [4.78, 5) is 23.6. The van der Waals surface area contributed by atoms with Gasteiger partial charge in [0.15, 0.2) is 0 Å². The Morgan fingerprint density at radius 3 is 2.77 bits per heavy atom. The molecule has 35 heavy (non-hydrogen) atoms. The minimum Gasteiger partial charge on any atom is -0.464 e. The SMILES string of the molecule is CCOc1nc(N2CC3(C2)SCc2sc(N)c(C#N)c23)nc(N(CC)[C@H](C)c2cccnc2N)n1. The first-order valence-electron chi connectivity index (χ1n) is 11.5. The second kappa shape index (κ2) is 9.05. The third kappa shape index (κ3) is 3.88. The van der Waals surface area contributed by atoms with Crippen LogP contribution in [-0.4, -0.2) is 46.2 Å². The van der Waals surface area contributed by atoms with Crippen molar-refractivity contribution in [3.8, 4) is 12.1 Å². The molecule has 0 radical (unpaired) electrons. The zero-order chi connectivity index (χ0) is 24.7. The van der Waals surface area contributed by atoms with Gasteiger partial charge in [-0.2, -0.15) is 20.2 Å². The van der Waals surface area contributed by atoms with E-state index in [1.807, 2.05) is 37.7 Å². The van der Waals surface area contributed by atoms with Crippen molar-refractivity contribution in [3.63, 3.8) is 0 Å². The van der Waals surface area contributed by atoms with Gasteiger partial charge in [0.25, 0.3) is 0 Å². The molecule has 0 amide bonds. The average molecular weight is 510 g/mol. The highest BCUT2D eigenvalue weighted by atomic mass is 32.2. The highest BCUT2D eigenvalue weighted by molar-refractivity contribution is 8.00. The van der Waals surface area contributed by atoms with Gasteiger partial charge in [-0.05, 0) is 26.8 Å². The maximum Gasteiger partial charge on any atom is 0.323 e. The lowest BCUT2D eigenvalue weighted by Gasteiger charge is -2.47. The Balaban J connectivity index is 1.46. The summed E-state index contributed by atoms with van der Waals surface area (Å²) in [6.45, 7) is 8.51. The summed E-state index contributed by atoms with van der Waals surface area (Å²) >= 11 is 3.40. The molecular formula is C23H27N9OS2. The number of nitriles is 1. The van der Waals surface area contributed by atoms with Gasteiger partial charge in [0, 0.05) is 47.6 Å². The average Bonchev–Trinajstić information content (AvgIpc) is 3.34. The molecule has 1 spiro atoms. The van der Waals surface area contributed by atoms with E-state index in [1.54, 1.807) is 6.20 Å². The number of hydrogen-bond acceptors (Lipinski definition) is 12. The number of nitrogens with zero attached hydrogens (tertiary/aromatic N) is 7. The van der Waals surface area contributed by atoms with Crippen LogP contribution in [0.2, 0.25) is 0 Å². The molecule has 3 aromatic rings. The molecule has 0 bridgehead atoms. The lowest BCUT2D eigenvalue weighted by molar-refractivity contribution is 0.310. The standard InChI is InChI=1S/C23H27N9OS2/c1-4-32(13(3)14-7-6-8-27-18(14)25)21-28-20(29-22(30-21)33-5-2)31-11-23(12-31)17-15(9-24)19(26)35-16(17)10-34-23/h6-8,13H,4-5,10-12,26H2,1-3H3,(H2,25,27)/t13-/m1/s1. The zero-order valence-corrected chi connectivity index (χ0v) is 21.5. The molecule has 0 unspecified atom stereocenters. The molecule has 4 N–H and O–H groups in total. The highest BCUT2D eigenvalue weighted by Gasteiger charge is 2.53. The van der Waals surface area contributed by atoms with E-state index in [2.05, 4.69) is 37.7 Å². The molecule has 2 aliphatic heterocycles. The van der Waals surface area contributed by atoms with Crippen LogP contribution in [0.15, 0.2) is 18.3 Å². The van der Waals surface area contributed by atoms with Crippen molar-refractivity contribution in [2.24, 2.45) is 0 Å². The van der Waals surface area contributed by atoms with Gasteiger partial charge in [0.05, 0.1) is 23.0 Å². The number of ether oxygens (including phenoxy) is 1. The summed E-state index contributed by atoms with van der Waals surface area (Å²) < 4.78 is 5.55. The van der Waals surface area contributed by atoms with E-state index < -0.39 is 0 Å². The first-order chi connectivity index (χ1) is 16.9. The van der Waals surface area contributed by atoms with E-state index in [9.17, 15) is 5.26 Å². The Kier molecular flexibility index (Phi) is 6.06. The molecule has 5 heterocycles. The van der Waals surface area contributed by atoms with Crippen LogP contribution < -0.4 is 26.0 Å². The number of nitrogen functional groups attached to an aromatic ring is 2. The molecule has 182 valence electrons. The molecule has 0 aliphatic carbocycles. The largest absolute Gasteiger partial charge is 0.464 e. The van der Waals surface area contributed by atoms with Gasteiger partial charge in [0.1, 0.15) is 16.9 Å². The quantitative estimate of drug-likeness (QED) is 0.484. The van der Waals surface area contributed by atoms with Crippen molar-refractivity contribution in [1.82, 2.24) is 19.9 Å². The van der Waals surface area contributed by atoms with Gasteiger partial charge in [-0.1, -0.05) is 6.07 Å². The fraction of sp³-hybridized carbons (Fsp3) is 0.435. The molecular weight excluding hydrogens is 482 g/mol. The molecule has 1 atom stereocenters. The Bertz CT molecular complexity index is 1300. The molecule has 2 aliphatic rings. The van der Waals surface area contributed by atoms with E-state index in [0.29, 0.717) is 54.5 Å². The minimum atomic E-state index is -0.158. The summed E-state index contributed by atoms with van der Waals surface area (Å²) in [5.41, 5.74) is 14.9. The second-order valence-electron chi connectivity index (χ2n) is 8.48. The normalized spacial score (nSPS) is 16.5.